The van der Waals surface area contributed by atoms with Gasteiger partial charge in [0.1, 0.15) is 12.2 Å². The van der Waals surface area contributed by atoms with E-state index in [1.165, 1.54) is 0 Å². The van der Waals surface area contributed by atoms with Gasteiger partial charge in [0.15, 0.2) is 0 Å². The van der Waals surface area contributed by atoms with Crippen LogP contribution in [0.1, 0.15) is 38.2 Å². The molecule has 0 radical (unpaired) electrons. The molecule has 5 heteroatoms. The zero-order chi connectivity index (χ0) is 13.1. The van der Waals surface area contributed by atoms with Gasteiger partial charge in [0.2, 0.25) is 0 Å². The van der Waals surface area contributed by atoms with Gasteiger partial charge in [-0.25, -0.2) is 9.67 Å². The number of aromatic nitrogens is 4. The van der Waals surface area contributed by atoms with Crippen LogP contribution in [0.25, 0.3) is 0 Å². The molecular weight excluding hydrogens is 226 g/mol. The minimum Gasteiger partial charge on any atom is -0.346 e. The Balaban J connectivity index is 2.10. The predicted molar refractivity (Wildman–Crippen MR) is 71.0 cm³/mol. The third kappa shape index (κ3) is 2.98. The minimum atomic E-state index is 0.0692. The number of hydrogen-bond acceptors (Lipinski definition) is 3. The maximum Gasteiger partial charge on any atom is 0.146 e. The molecule has 2 aromatic rings. The highest BCUT2D eigenvalue weighted by Gasteiger charge is 2.08. The van der Waals surface area contributed by atoms with Crippen molar-refractivity contribution in [1.29, 1.82) is 0 Å². The molecular formula is C13H21N5. The highest BCUT2D eigenvalue weighted by atomic mass is 15.3. The van der Waals surface area contributed by atoms with Crippen LogP contribution in [0.3, 0.4) is 0 Å². The molecule has 0 bridgehead atoms. The van der Waals surface area contributed by atoms with Crippen molar-refractivity contribution in [3.63, 3.8) is 0 Å². The summed E-state index contributed by atoms with van der Waals surface area (Å²) in [6.45, 7) is 7.97. The molecule has 0 fully saturated rings. The van der Waals surface area contributed by atoms with Crippen molar-refractivity contribution in [1.82, 2.24) is 19.3 Å². The van der Waals surface area contributed by atoms with E-state index in [2.05, 4.69) is 34.7 Å². The molecule has 2 aromatic heterocycles. The molecule has 0 amide bonds. The first-order valence-electron chi connectivity index (χ1n) is 6.34. The van der Waals surface area contributed by atoms with Gasteiger partial charge < -0.3 is 10.3 Å². The Hall–Kier alpha value is -1.62. The number of hydrogen-bond donors (Lipinski definition) is 1. The van der Waals surface area contributed by atoms with Crippen LogP contribution >= 0.6 is 0 Å². The normalized spacial score (nSPS) is 13.2. The summed E-state index contributed by atoms with van der Waals surface area (Å²) < 4.78 is 4.07. The zero-order valence-electron chi connectivity index (χ0n) is 11.2. The molecule has 0 saturated carbocycles. The molecule has 2 N–H and O–H groups in total. The van der Waals surface area contributed by atoms with E-state index in [1.807, 2.05) is 23.9 Å². The zero-order valence-corrected chi connectivity index (χ0v) is 11.2. The van der Waals surface area contributed by atoms with Crippen LogP contribution < -0.4 is 5.73 Å². The molecule has 98 valence electrons. The summed E-state index contributed by atoms with van der Waals surface area (Å²) in [5.74, 6) is 1.55. The number of nitrogens with zero attached hydrogens (tertiary/aromatic N) is 4. The highest BCUT2D eigenvalue weighted by Crippen LogP contribution is 2.11. The molecule has 1 atom stereocenters. The SMILES string of the molecule is CC(C)Cn1ncnc1Cn1ccc(C(C)N)c1. The van der Waals surface area contributed by atoms with Crippen molar-refractivity contribution in [3.05, 3.63) is 36.2 Å². The van der Waals surface area contributed by atoms with Crippen LogP contribution in [0, 0.1) is 5.92 Å². The first-order chi connectivity index (χ1) is 8.56. The lowest BCUT2D eigenvalue weighted by atomic mass is 10.2. The number of rotatable bonds is 5. The maximum absolute atomic E-state index is 5.85. The highest BCUT2D eigenvalue weighted by molar-refractivity contribution is 5.14. The van der Waals surface area contributed by atoms with E-state index in [-0.39, 0.29) is 6.04 Å². The predicted octanol–water partition coefficient (Wildman–Crippen LogP) is 1.80. The van der Waals surface area contributed by atoms with E-state index < -0.39 is 0 Å². The van der Waals surface area contributed by atoms with E-state index in [1.54, 1.807) is 6.33 Å². The first-order valence-corrected chi connectivity index (χ1v) is 6.34. The third-order valence-corrected chi connectivity index (χ3v) is 2.86. The molecule has 2 heterocycles. The lowest BCUT2D eigenvalue weighted by Crippen LogP contribution is -2.12. The Morgan fingerprint density at radius 1 is 1.33 bits per heavy atom. The van der Waals surface area contributed by atoms with Gasteiger partial charge in [0.25, 0.3) is 0 Å². The number of nitrogens with two attached hydrogens (primary N) is 1. The summed E-state index contributed by atoms with van der Waals surface area (Å²) >= 11 is 0. The third-order valence-electron chi connectivity index (χ3n) is 2.86. The Labute approximate surface area is 108 Å². The van der Waals surface area contributed by atoms with Gasteiger partial charge in [-0.2, -0.15) is 5.10 Å². The average Bonchev–Trinajstić information content (AvgIpc) is 2.89. The van der Waals surface area contributed by atoms with Gasteiger partial charge in [0.05, 0.1) is 6.54 Å². The van der Waals surface area contributed by atoms with Gasteiger partial charge in [0, 0.05) is 25.0 Å². The second-order valence-electron chi connectivity index (χ2n) is 5.16. The van der Waals surface area contributed by atoms with Crippen LogP contribution in [0.2, 0.25) is 0 Å². The summed E-state index contributed by atoms with van der Waals surface area (Å²) in [6, 6.07) is 2.12. The molecule has 2 rings (SSSR count). The topological polar surface area (TPSA) is 61.7 Å². The Kier molecular flexibility index (Phi) is 3.81. The summed E-state index contributed by atoms with van der Waals surface area (Å²) in [4.78, 5) is 4.32. The van der Waals surface area contributed by atoms with E-state index >= 15 is 0 Å². The van der Waals surface area contributed by atoms with Crippen molar-refractivity contribution < 1.29 is 0 Å². The van der Waals surface area contributed by atoms with Crippen molar-refractivity contribution in [2.45, 2.75) is 39.9 Å². The Morgan fingerprint density at radius 2 is 2.11 bits per heavy atom. The molecule has 0 aromatic carbocycles. The Morgan fingerprint density at radius 3 is 2.72 bits per heavy atom. The van der Waals surface area contributed by atoms with Crippen molar-refractivity contribution >= 4 is 0 Å². The molecule has 0 aliphatic heterocycles. The fourth-order valence-corrected chi connectivity index (χ4v) is 1.90. The van der Waals surface area contributed by atoms with Gasteiger partial charge in [-0.1, -0.05) is 13.8 Å². The molecule has 0 aliphatic carbocycles. The summed E-state index contributed by atoms with van der Waals surface area (Å²) in [5, 5.41) is 4.26. The van der Waals surface area contributed by atoms with Crippen molar-refractivity contribution in [2.24, 2.45) is 11.7 Å². The molecule has 0 saturated heterocycles. The van der Waals surface area contributed by atoms with E-state index in [9.17, 15) is 0 Å². The summed E-state index contributed by atoms with van der Waals surface area (Å²) in [5.41, 5.74) is 6.99. The standard InChI is InChI=1S/C13H21N5/c1-10(2)6-18-13(15-9-16-18)8-17-5-4-12(7-17)11(3)14/h4-5,7,9-11H,6,8,14H2,1-3H3. The van der Waals surface area contributed by atoms with Crippen LogP contribution in [-0.4, -0.2) is 19.3 Å². The summed E-state index contributed by atoms with van der Waals surface area (Å²) in [7, 11) is 0. The van der Waals surface area contributed by atoms with Crippen LogP contribution in [0.15, 0.2) is 24.8 Å². The van der Waals surface area contributed by atoms with E-state index in [0.717, 1.165) is 24.5 Å². The minimum absolute atomic E-state index is 0.0692. The molecule has 18 heavy (non-hydrogen) atoms. The summed E-state index contributed by atoms with van der Waals surface area (Å²) in [6.07, 6.45) is 5.72. The van der Waals surface area contributed by atoms with Crippen molar-refractivity contribution in [2.75, 3.05) is 0 Å². The lowest BCUT2D eigenvalue weighted by molar-refractivity contribution is 0.461. The van der Waals surface area contributed by atoms with Gasteiger partial charge >= 0.3 is 0 Å². The van der Waals surface area contributed by atoms with E-state index in [4.69, 9.17) is 5.73 Å². The molecule has 5 nitrogen and oxygen atoms in total. The molecule has 0 spiro atoms. The van der Waals surface area contributed by atoms with Gasteiger partial charge in [-0.3, -0.25) is 0 Å². The molecule has 0 aliphatic rings. The fraction of sp³-hybridized carbons (Fsp3) is 0.538. The van der Waals surface area contributed by atoms with Gasteiger partial charge in [-0.15, -0.1) is 0 Å². The van der Waals surface area contributed by atoms with E-state index in [0.29, 0.717) is 5.92 Å². The lowest BCUT2D eigenvalue weighted by Gasteiger charge is -2.09. The van der Waals surface area contributed by atoms with Gasteiger partial charge in [-0.05, 0) is 24.5 Å². The fourth-order valence-electron chi connectivity index (χ4n) is 1.90. The second-order valence-corrected chi connectivity index (χ2v) is 5.16. The monoisotopic (exact) mass is 247 g/mol. The quantitative estimate of drug-likeness (QED) is 0.876. The second kappa shape index (κ2) is 5.35. The first kappa shape index (κ1) is 12.8. The van der Waals surface area contributed by atoms with Crippen LogP contribution in [0.5, 0.6) is 0 Å². The largest absolute Gasteiger partial charge is 0.346 e. The molecule has 1 unspecified atom stereocenters. The van der Waals surface area contributed by atoms with Crippen molar-refractivity contribution in [3.8, 4) is 0 Å². The smallest absolute Gasteiger partial charge is 0.146 e. The maximum atomic E-state index is 5.85. The average molecular weight is 247 g/mol. The Bertz CT molecular complexity index is 495. The van der Waals surface area contributed by atoms with Crippen LogP contribution in [-0.2, 0) is 13.1 Å². The van der Waals surface area contributed by atoms with Crippen LogP contribution in [0.4, 0.5) is 0 Å².